The average molecular weight is 206 g/mol. The molecule has 0 aliphatic heterocycles. The van der Waals surface area contributed by atoms with Gasteiger partial charge in [-0.3, -0.25) is 4.79 Å². The summed E-state index contributed by atoms with van der Waals surface area (Å²) in [6, 6.07) is 7.66. The molecule has 0 spiro atoms. The van der Waals surface area contributed by atoms with Crippen molar-refractivity contribution in [1.82, 2.24) is 4.90 Å². The molecule has 1 rings (SSSR count). The fraction of sp³-hybridized carbons (Fsp3) is 0.417. The van der Waals surface area contributed by atoms with E-state index in [0.717, 1.165) is 11.3 Å². The predicted octanol–water partition coefficient (Wildman–Crippen LogP) is 1.68. The first-order chi connectivity index (χ1) is 7.00. The van der Waals surface area contributed by atoms with Crippen molar-refractivity contribution in [1.29, 1.82) is 0 Å². The summed E-state index contributed by atoms with van der Waals surface area (Å²) in [5.74, 6) is 0.134. The first-order valence-corrected chi connectivity index (χ1v) is 5.10. The van der Waals surface area contributed by atoms with Gasteiger partial charge in [0.05, 0.1) is 6.42 Å². The molecule has 0 aliphatic rings. The number of nitrogens with zero attached hydrogens (tertiary/aromatic N) is 1. The van der Waals surface area contributed by atoms with Gasteiger partial charge in [-0.25, -0.2) is 0 Å². The van der Waals surface area contributed by atoms with E-state index in [1.165, 1.54) is 0 Å². The van der Waals surface area contributed by atoms with Crippen molar-refractivity contribution in [2.24, 2.45) is 0 Å². The van der Waals surface area contributed by atoms with Crippen LogP contribution in [0.1, 0.15) is 19.4 Å². The number of hydrogen-bond acceptors (Lipinski definition) is 2. The highest BCUT2D eigenvalue weighted by Crippen LogP contribution is 2.08. The van der Waals surface area contributed by atoms with Crippen molar-refractivity contribution in [3.8, 4) is 0 Å². The molecule has 1 aromatic rings. The largest absolute Gasteiger partial charge is 0.399 e. The maximum Gasteiger partial charge on any atom is 0.226 e. The van der Waals surface area contributed by atoms with Crippen LogP contribution < -0.4 is 5.73 Å². The van der Waals surface area contributed by atoms with Crippen LogP contribution in [0.2, 0.25) is 0 Å². The lowest BCUT2D eigenvalue weighted by Gasteiger charge is -2.21. The second kappa shape index (κ2) is 4.82. The highest BCUT2D eigenvalue weighted by Gasteiger charge is 2.11. The third kappa shape index (κ3) is 3.27. The minimum Gasteiger partial charge on any atom is -0.399 e. The van der Waals surface area contributed by atoms with E-state index in [1.54, 1.807) is 4.90 Å². The van der Waals surface area contributed by atoms with Crippen LogP contribution in [0.25, 0.3) is 0 Å². The van der Waals surface area contributed by atoms with Gasteiger partial charge in [-0.1, -0.05) is 12.1 Å². The molecule has 0 fully saturated rings. The molecule has 0 radical (unpaired) electrons. The van der Waals surface area contributed by atoms with E-state index in [4.69, 9.17) is 5.73 Å². The number of anilines is 1. The molecule has 0 aromatic heterocycles. The summed E-state index contributed by atoms with van der Waals surface area (Å²) in [5, 5.41) is 0. The summed E-state index contributed by atoms with van der Waals surface area (Å²) in [4.78, 5) is 13.5. The van der Waals surface area contributed by atoms with Gasteiger partial charge >= 0.3 is 0 Å². The Balaban J connectivity index is 2.62. The number of carbonyl (C=O) groups is 1. The number of likely N-dealkylation sites (N-methyl/N-ethyl adjacent to an activating group) is 1. The van der Waals surface area contributed by atoms with Gasteiger partial charge in [-0.05, 0) is 31.5 Å². The first-order valence-electron chi connectivity index (χ1n) is 5.10. The summed E-state index contributed by atoms with van der Waals surface area (Å²) in [6.07, 6.45) is 0.439. The van der Waals surface area contributed by atoms with Gasteiger partial charge in [-0.2, -0.15) is 0 Å². The van der Waals surface area contributed by atoms with E-state index in [1.807, 2.05) is 45.2 Å². The fourth-order valence-electron chi connectivity index (χ4n) is 1.22. The quantitative estimate of drug-likeness (QED) is 0.765. The summed E-state index contributed by atoms with van der Waals surface area (Å²) in [7, 11) is 1.82. The fourth-order valence-corrected chi connectivity index (χ4v) is 1.22. The van der Waals surface area contributed by atoms with E-state index in [0.29, 0.717) is 6.42 Å². The van der Waals surface area contributed by atoms with Crippen LogP contribution in [0.3, 0.4) is 0 Å². The summed E-state index contributed by atoms with van der Waals surface area (Å²) < 4.78 is 0. The van der Waals surface area contributed by atoms with E-state index >= 15 is 0 Å². The molecule has 3 nitrogen and oxygen atoms in total. The molecular formula is C12H18N2O. The number of benzene rings is 1. The molecule has 0 atom stereocenters. The smallest absolute Gasteiger partial charge is 0.226 e. The van der Waals surface area contributed by atoms with Crippen molar-refractivity contribution < 1.29 is 4.79 Å². The van der Waals surface area contributed by atoms with Crippen LogP contribution in [0.15, 0.2) is 24.3 Å². The lowest BCUT2D eigenvalue weighted by Crippen LogP contribution is -2.34. The van der Waals surface area contributed by atoms with Crippen molar-refractivity contribution in [2.45, 2.75) is 26.3 Å². The second-order valence-corrected chi connectivity index (χ2v) is 4.02. The highest BCUT2D eigenvalue weighted by molar-refractivity contribution is 5.78. The van der Waals surface area contributed by atoms with Gasteiger partial charge in [0, 0.05) is 18.8 Å². The molecule has 15 heavy (non-hydrogen) atoms. The number of rotatable bonds is 3. The van der Waals surface area contributed by atoms with Crippen LogP contribution >= 0.6 is 0 Å². The summed E-state index contributed by atoms with van der Waals surface area (Å²) >= 11 is 0. The Bertz CT molecular complexity index is 330. The normalized spacial score (nSPS) is 10.4. The van der Waals surface area contributed by atoms with Gasteiger partial charge < -0.3 is 10.6 Å². The Hall–Kier alpha value is -1.51. The lowest BCUT2D eigenvalue weighted by molar-refractivity contribution is -0.130. The SMILES string of the molecule is CC(C)N(C)C(=O)Cc1ccc(N)cc1. The third-order valence-electron chi connectivity index (χ3n) is 2.50. The summed E-state index contributed by atoms with van der Waals surface area (Å²) in [5.41, 5.74) is 7.30. The number of amides is 1. The molecular weight excluding hydrogens is 188 g/mol. The van der Waals surface area contributed by atoms with E-state index in [9.17, 15) is 4.79 Å². The molecule has 82 valence electrons. The molecule has 0 bridgehead atoms. The number of hydrogen-bond donors (Lipinski definition) is 1. The Labute approximate surface area is 90.9 Å². The minimum absolute atomic E-state index is 0.134. The third-order valence-corrected chi connectivity index (χ3v) is 2.50. The van der Waals surface area contributed by atoms with Gasteiger partial charge in [0.15, 0.2) is 0 Å². The maximum atomic E-state index is 11.7. The molecule has 0 heterocycles. The summed E-state index contributed by atoms with van der Waals surface area (Å²) in [6.45, 7) is 4.00. The van der Waals surface area contributed by atoms with Crippen molar-refractivity contribution >= 4 is 11.6 Å². The topological polar surface area (TPSA) is 46.3 Å². The number of carbonyl (C=O) groups excluding carboxylic acids is 1. The maximum absolute atomic E-state index is 11.7. The molecule has 3 heteroatoms. The molecule has 0 unspecified atom stereocenters. The van der Waals surface area contributed by atoms with E-state index < -0.39 is 0 Å². The molecule has 0 saturated heterocycles. The Morgan fingerprint density at radius 1 is 1.33 bits per heavy atom. The number of nitrogen functional groups attached to an aromatic ring is 1. The predicted molar refractivity (Wildman–Crippen MR) is 62.5 cm³/mol. The van der Waals surface area contributed by atoms with E-state index in [2.05, 4.69) is 0 Å². The molecule has 2 N–H and O–H groups in total. The Morgan fingerprint density at radius 3 is 2.33 bits per heavy atom. The van der Waals surface area contributed by atoms with Crippen molar-refractivity contribution in [2.75, 3.05) is 12.8 Å². The van der Waals surface area contributed by atoms with E-state index in [-0.39, 0.29) is 11.9 Å². The van der Waals surface area contributed by atoms with Crippen molar-refractivity contribution in [3.05, 3.63) is 29.8 Å². The van der Waals surface area contributed by atoms with Crippen LogP contribution in [0.5, 0.6) is 0 Å². The zero-order valence-corrected chi connectivity index (χ0v) is 9.53. The van der Waals surface area contributed by atoms with Gasteiger partial charge in [0.1, 0.15) is 0 Å². The Kier molecular flexibility index (Phi) is 3.72. The first kappa shape index (κ1) is 11.6. The van der Waals surface area contributed by atoms with Crippen LogP contribution in [0.4, 0.5) is 5.69 Å². The van der Waals surface area contributed by atoms with Crippen LogP contribution in [0, 0.1) is 0 Å². The standard InChI is InChI=1S/C12H18N2O/c1-9(2)14(3)12(15)8-10-4-6-11(13)7-5-10/h4-7,9H,8,13H2,1-3H3. The molecule has 0 saturated carbocycles. The van der Waals surface area contributed by atoms with Gasteiger partial charge in [-0.15, -0.1) is 0 Å². The van der Waals surface area contributed by atoms with Crippen molar-refractivity contribution in [3.63, 3.8) is 0 Å². The van der Waals surface area contributed by atoms with Crippen LogP contribution in [-0.4, -0.2) is 23.9 Å². The molecule has 0 aliphatic carbocycles. The average Bonchev–Trinajstić information content (AvgIpc) is 2.20. The van der Waals surface area contributed by atoms with Gasteiger partial charge in [0.2, 0.25) is 5.91 Å². The van der Waals surface area contributed by atoms with Crippen LogP contribution in [-0.2, 0) is 11.2 Å². The zero-order valence-electron chi connectivity index (χ0n) is 9.53. The minimum atomic E-state index is 0.134. The zero-order chi connectivity index (χ0) is 11.4. The Morgan fingerprint density at radius 2 is 1.87 bits per heavy atom. The second-order valence-electron chi connectivity index (χ2n) is 4.02. The molecule has 1 amide bonds. The molecule has 1 aromatic carbocycles. The lowest BCUT2D eigenvalue weighted by atomic mass is 10.1. The highest BCUT2D eigenvalue weighted by atomic mass is 16.2. The van der Waals surface area contributed by atoms with Gasteiger partial charge in [0.25, 0.3) is 0 Å². The number of nitrogens with two attached hydrogens (primary N) is 1. The monoisotopic (exact) mass is 206 g/mol.